The zero-order valence-corrected chi connectivity index (χ0v) is 8.15. The molecule has 2 rings (SSSR count). The van der Waals surface area contributed by atoms with Crippen LogP contribution in [0.2, 0.25) is 0 Å². The van der Waals surface area contributed by atoms with Gasteiger partial charge in [0.05, 0.1) is 5.69 Å². The Labute approximate surface area is 89.9 Å². The molecule has 0 fully saturated rings. The van der Waals surface area contributed by atoms with Crippen molar-refractivity contribution >= 4 is 11.8 Å². The molecule has 2 heterocycles. The highest BCUT2D eigenvalue weighted by Crippen LogP contribution is 2.04. The van der Waals surface area contributed by atoms with Gasteiger partial charge in [0, 0.05) is 5.10 Å². The summed E-state index contributed by atoms with van der Waals surface area (Å²) in [5, 5.41) is 14.0. The van der Waals surface area contributed by atoms with E-state index < -0.39 is 10.9 Å². The first-order valence-corrected chi connectivity index (χ1v) is 4.40. The minimum atomic E-state index is -0.650. The molecule has 0 atom stereocenters. The number of nitrogen functional groups attached to an aromatic ring is 1. The van der Waals surface area contributed by atoms with E-state index in [1.165, 1.54) is 11.0 Å². The molecule has 0 radical (unpaired) electrons. The molecule has 2 aromatic heterocycles. The summed E-state index contributed by atoms with van der Waals surface area (Å²) < 4.78 is 1.33. The Morgan fingerprint density at radius 2 is 2.31 bits per heavy atom. The molecule has 0 bridgehead atoms. The summed E-state index contributed by atoms with van der Waals surface area (Å²) in [6.45, 7) is 0.297. The van der Waals surface area contributed by atoms with Gasteiger partial charge in [-0.2, -0.15) is 4.68 Å². The van der Waals surface area contributed by atoms with Gasteiger partial charge in [-0.15, -0.1) is 0 Å². The number of anilines is 1. The van der Waals surface area contributed by atoms with Gasteiger partial charge in [-0.3, -0.25) is 0 Å². The summed E-state index contributed by atoms with van der Waals surface area (Å²) in [4.78, 5) is 17.3. The van der Waals surface area contributed by atoms with Gasteiger partial charge in [-0.05, 0) is 17.1 Å². The monoisotopic (exact) mass is 220 g/mol. The molecule has 82 valence electrons. The van der Waals surface area contributed by atoms with Gasteiger partial charge < -0.3 is 15.8 Å². The molecule has 8 heteroatoms. The fourth-order valence-electron chi connectivity index (χ4n) is 1.20. The zero-order valence-electron chi connectivity index (χ0n) is 8.15. The van der Waals surface area contributed by atoms with Crippen molar-refractivity contribution in [3.8, 4) is 0 Å². The highest BCUT2D eigenvalue weighted by atomic mass is 16.6. The highest BCUT2D eigenvalue weighted by Gasteiger charge is 2.13. The molecular formula is C8H8N6O2. The summed E-state index contributed by atoms with van der Waals surface area (Å²) in [5.74, 6) is -0.0315. The van der Waals surface area contributed by atoms with Crippen molar-refractivity contribution in [1.82, 2.24) is 19.7 Å². The van der Waals surface area contributed by atoms with Crippen molar-refractivity contribution in [2.45, 2.75) is 6.54 Å². The van der Waals surface area contributed by atoms with Gasteiger partial charge in [-0.1, -0.05) is 11.1 Å². The molecule has 0 aliphatic carbocycles. The van der Waals surface area contributed by atoms with E-state index in [0.29, 0.717) is 18.1 Å². The third-order valence-corrected chi connectivity index (χ3v) is 1.84. The molecule has 0 spiro atoms. The summed E-state index contributed by atoms with van der Waals surface area (Å²) in [7, 11) is 0. The van der Waals surface area contributed by atoms with Crippen molar-refractivity contribution in [2.24, 2.45) is 0 Å². The number of rotatable bonds is 3. The lowest BCUT2D eigenvalue weighted by molar-refractivity contribution is -0.394. The number of pyridine rings is 1. The number of nitrogens with two attached hydrogens (primary N) is 1. The first-order valence-electron chi connectivity index (χ1n) is 4.40. The smallest absolute Gasteiger partial charge is 0.390 e. The predicted octanol–water partition coefficient (Wildman–Crippen LogP) is 0.212. The van der Waals surface area contributed by atoms with Gasteiger partial charge in [0.1, 0.15) is 12.4 Å². The Kier molecular flexibility index (Phi) is 2.46. The van der Waals surface area contributed by atoms with Crippen molar-refractivity contribution in [3.05, 3.63) is 40.3 Å². The second-order valence-corrected chi connectivity index (χ2v) is 3.05. The van der Waals surface area contributed by atoms with Crippen LogP contribution in [0.3, 0.4) is 0 Å². The normalized spacial score (nSPS) is 10.2. The fourth-order valence-corrected chi connectivity index (χ4v) is 1.20. The Balaban J connectivity index is 2.17. The summed E-state index contributed by atoms with van der Waals surface area (Å²) in [5.41, 5.74) is 6.17. The lowest BCUT2D eigenvalue weighted by Gasteiger charge is -1.98. The molecule has 0 saturated heterocycles. The van der Waals surface area contributed by atoms with Gasteiger partial charge >= 0.3 is 5.95 Å². The number of nitro groups is 1. The van der Waals surface area contributed by atoms with Crippen molar-refractivity contribution in [3.63, 3.8) is 0 Å². The van der Waals surface area contributed by atoms with Gasteiger partial charge in [-0.25, -0.2) is 4.98 Å². The van der Waals surface area contributed by atoms with Crippen LogP contribution in [0.5, 0.6) is 0 Å². The molecular weight excluding hydrogens is 212 g/mol. The lowest BCUT2D eigenvalue weighted by Crippen LogP contribution is -2.04. The molecule has 0 aromatic carbocycles. The summed E-state index contributed by atoms with van der Waals surface area (Å²) in [6.07, 6.45) is 1.28. The average Bonchev–Trinajstić information content (AvgIpc) is 2.66. The largest absolute Gasteiger partial charge is 0.490 e. The highest BCUT2D eigenvalue weighted by molar-refractivity contribution is 5.28. The van der Waals surface area contributed by atoms with Gasteiger partial charge in [0.25, 0.3) is 0 Å². The van der Waals surface area contributed by atoms with Crippen LogP contribution in [-0.4, -0.2) is 24.7 Å². The summed E-state index contributed by atoms with van der Waals surface area (Å²) >= 11 is 0. The number of hydrogen-bond donors (Lipinski definition) is 1. The molecule has 0 amide bonds. The average molecular weight is 220 g/mol. The second kappa shape index (κ2) is 3.93. The van der Waals surface area contributed by atoms with E-state index in [0.717, 1.165) is 0 Å². The Morgan fingerprint density at radius 1 is 1.50 bits per heavy atom. The Hall–Kier alpha value is -2.51. The second-order valence-electron chi connectivity index (χ2n) is 3.05. The zero-order chi connectivity index (χ0) is 11.5. The number of nitrogens with zero attached hydrogens (tertiary/aromatic N) is 5. The van der Waals surface area contributed by atoms with E-state index in [1.54, 1.807) is 18.2 Å². The van der Waals surface area contributed by atoms with E-state index in [4.69, 9.17) is 5.73 Å². The molecule has 8 nitrogen and oxygen atoms in total. The van der Waals surface area contributed by atoms with E-state index in [-0.39, 0.29) is 0 Å². The SMILES string of the molecule is Nc1cccc(Cn2cnc([N+](=O)[O-])n2)n1. The Morgan fingerprint density at radius 3 is 2.94 bits per heavy atom. The maximum Gasteiger partial charge on any atom is 0.490 e. The van der Waals surface area contributed by atoms with E-state index in [1.807, 2.05) is 0 Å². The Bertz CT molecular complexity index is 523. The molecule has 0 unspecified atom stereocenters. The third kappa shape index (κ3) is 2.11. The lowest BCUT2D eigenvalue weighted by atomic mass is 10.3. The molecule has 0 aliphatic rings. The standard InChI is InChI=1S/C8H8N6O2/c9-7-3-1-2-6(11-7)4-13-5-10-8(12-13)14(15)16/h1-3,5H,4H2,(H2,9,11). The molecule has 0 aliphatic heterocycles. The van der Waals surface area contributed by atoms with Crippen LogP contribution in [-0.2, 0) is 6.54 Å². The van der Waals surface area contributed by atoms with Crippen LogP contribution in [0.25, 0.3) is 0 Å². The van der Waals surface area contributed by atoms with Crippen LogP contribution in [0.1, 0.15) is 5.69 Å². The molecule has 16 heavy (non-hydrogen) atoms. The van der Waals surface area contributed by atoms with E-state index in [2.05, 4.69) is 15.1 Å². The maximum absolute atomic E-state index is 10.4. The van der Waals surface area contributed by atoms with Gasteiger partial charge in [0.2, 0.25) is 6.33 Å². The quantitative estimate of drug-likeness (QED) is 0.584. The van der Waals surface area contributed by atoms with Crippen molar-refractivity contribution < 1.29 is 4.92 Å². The van der Waals surface area contributed by atoms with Crippen LogP contribution in [0, 0.1) is 10.1 Å². The van der Waals surface area contributed by atoms with Crippen LogP contribution in [0.15, 0.2) is 24.5 Å². The van der Waals surface area contributed by atoms with E-state index in [9.17, 15) is 10.1 Å². The first-order chi connectivity index (χ1) is 7.65. The van der Waals surface area contributed by atoms with Crippen LogP contribution >= 0.6 is 0 Å². The summed E-state index contributed by atoms with van der Waals surface area (Å²) in [6, 6.07) is 5.17. The minimum Gasteiger partial charge on any atom is -0.390 e. The molecule has 2 aromatic rings. The van der Waals surface area contributed by atoms with Crippen molar-refractivity contribution in [2.75, 3.05) is 5.73 Å². The predicted molar refractivity (Wildman–Crippen MR) is 54.4 cm³/mol. The van der Waals surface area contributed by atoms with E-state index >= 15 is 0 Å². The fraction of sp³-hybridized carbons (Fsp3) is 0.125. The van der Waals surface area contributed by atoms with Crippen molar-refractivity contribution in [1.29, 1.82) is 0 Å². The first kappa shape index (κ1) is 10.0. The third-order valence-electron chi connectivity index (χ3n) is 1.84. The van der Waals surface area contributed by atoms with Gasteiger partial charge in [0.15, 0.2) is 0 Å². The molecule has 2 N–H and O–H groups in total. The van der Waals surface area contributed by atoms with Crippen LogP contribution < -0.4 is 5.73 Å². The minimum absolute atomic E-state index is 0.297. The molecule has 0 saturated carbocycles. The number of aromatic nitrogens is 4. The number of hydrogen-bond acceptors (Lipinski definition) is 6. The topological polar surface area (TPSA) is 113 Å². The van der Waals surface area contributed by atoms with Crippen LogP contribution in [0.4, 0.5) is 11.8 Å². The maximum atomic E-state index is 10.4.